The van der Waals surface area contributed by atoms with Gasteiger partial charge in [0.05, 0.1) is 11.9 Å². The molecule has 1 aliphatic carbocycles. The van der Waals surface area contributed by atoms with E-state index >= 15 is 0 Å². The first-order chi connectivity index (χ1) is 11.7. The van der Waals surface area contributed by atoms with Gasteiger partial charge in [-0.1, -0.05) is 12.1 Å². The zero-order valence-corrected chi connectivity index (χ0v) is 14.7. The van der Waals surface area contributed by atoms with Gasteiger partial charge in [-0.25, -0.2) is 4.68 Å². The van der Waals surface area contributed by atoms with E-state index in [-0.39, 0.29) is 0 Å². The van der Waals surface area contributed by atoms with Crippen molar-refractivity contribution in [3.8, 4) is 5.69 Å². The van der Waals surface area contributed by atoms with Crippen LogP contribution in [0.5, 0.6) is 0 Å². The summed E-state index contributed by atoms with van der Waals surface area (Å²) >= 11 is 0. The molecule has 0 amide bonds. The number of aromatic nitrogens is 2. The van der Waals surface area contributed by atoms with E-state index in [9.17, 15) is 0 Å². The second-order valence-electron chi connectivity index (χ2n) is 7.18. The first-order valence-corrected chi connectivity index (χ1v) is 9.21. The van der Waals surface area contributed by atoms with E-state index in [1.54, 1.807) is 0 Å². The van der Waals surface area contributed by atoms with Crippen LogP contribution >= 0.6 is 0 Å². The number of hydrogen-bond acceptors (Lipinski definition) is 3. The van der Waals surface area contributed by atoms with Gasteiger partial charge in [0.1, 0.15) is 0 Å². The molecule has 0 spiro atoms. The highest BCUT2D eigenvalue weighted by Gasteiger charge is 2.27. The van der Waals surface area contributed by atoms with E-state index in [1.807, 2.05) is 0 Å². The van der Waals surface area contributed by atoms with Gasteiger partial charge in [-0.2, -0.15) is 5.10 Å². The highest BCUT2D eigenvalue weighted by atomic mass is 16.5. The van der Waals surface area contributed by atoms with E-state index in [1.165, 1.54) is 40.9 Å². The molecule has 1 atom stereocenters. The molecular weight excluding hydrogens is 298 g/mol. The second kappa shape index (κ2) is 6.69. The quantitative estimate of drug-likeness (QED) is 0.936. The maximum atomic E-state index is 5.49. The summed E-state index contributed by atoms with van der Waals surface area (Å²) in [4.78, 5) is 0. The van der Waals surface area contributed by atoms with Gasteiger partial charge in [0.15, 0.2) is 0 Å². The van der Waals surface area contributed by atoms with Crippen LogP contribution in [-0.2, 0) is 11.2 Å². The molecule has 1 fully saturated rings. The molecule has 1 aromatic carbocycles. The molecule has 4 nitrogen and oxygen atoms in total. The Morgan fingerprint density at radius 2 is 2.00 bits per heavy atom. The van der Waals surface area contributed by atoms with Gasteiger partial charge in [0.25, 0.3) is 0 Å². The summed E-state index contributed by atoms with van der Waals surface area (Å²) < 4.78 is 7.66. The average Bonchev–Trinajstić information content (AvgIpc) is 3.03. The van der Waals surface area contributed by atoms with Crippen molar-refractivity contribution in [1.29, 1.82) is 0 Å². The van der Waals surface area contributed by atoms with E-state index < -0.39 is 0 Å². The predicted octanol–water partition coefficient (Wildman–Crippen LogP) is 3.64. The Morgan fingerprint density at radius 1 is 1.17 bits per heavy atom. The summed E-state index contributed by atoms with van der Waals surface area (Å²) in [5.74, 6) is 0. The fourth-order valence-corrected chi connectivity index (χ4v) is 4.05. The highest BCUT2D eigenvalue weighted by molar-refractivity contribution is 5.46. The third kappa shape index (κ3) is 2.89. The SMILES string of the molecule is Cc1cccc(-n2ncc3c2CCC[C@@H]3NC2CCOCC2)c1C. The third-order valence-electron chi connectivity index (χ3n) is 5.65. The van der Waals surface area contributed by atoms with Gasteiger partial charge in [0.2, 0.25) is 0 Å². The Labute approximate surface area is 144 Å². The van der Waals surface area contributed by atoms with Gasteiger partial charge in [-0.15, -0.1) is 0 Å². The maximum Gasteiger partial charge on any atom is 0.0680 e. The molecule has 2 aromatic rings. The normalized spacial score (nSPS) is 21.7. The monoisotopic (exact) mass is 325 g/mol. The first kappa shape index (κ1) is 15.9. The number of aryl methyl sites for hydroxylation is 1. The Balaban J connectivity index is 1.63. The molecule has 24 heavy (non-hydrogen) atoms. The van der Waals surface area contributed by atoms with Crippen LogP contribution in [0.25, 0.3) is 5.69 Å². The maximum absolute atomic E-state index is 5.49. The Bertz CT molecular complexity index is 716. The van der Waals surface area contributed by atoms with Crippen LogP contribution in [-0.4, -0.2) is 29.0 Å². The molecule has 128 valence electrons. The van der Waals surface area contributed by atoms with Crippen LogP contribution in [0.3, 0.4) is 0 Å². The van der Waals surface area contributed by atoms with Crippen LogP contribution in [0.1, 0.15) is 54.1 Å². The minimum atomic E-state index is 0.440. The van der Waals surface area contributed by atoms with E-state index in [2.05, 4.69) is 48.2 Å². The van der Waals surface area contributed by atoms with Crippen molar-refractivity contribution in [3.63, 3.8) is 0 Å². The average molecular weight is 325 g/mol. The molecule has 0 bridgehead atoms. The van der Waals surface area contributed by atoms with Crippen LogP contribution in [0.2, 0.25) is 0 Å². The van der Waals surface area contributed by atoms with Crippen molar-refractivity contribution >= 4 is 0 Å². The Morgan fingerprint density at radius 3 is 2.83 bits per heavy atom. The zero-order valence-electron chi connectivity index (χ0n) is 14.7. The second-order valence-corrected chi connectivity index (χ2v) is 7.18. The summed E-state index contributed by atoms with van der Waals surface area (Å²) in [6, 6.07) is 7.51. The molecule has 1 aliphatic heterocycles. The molecule has 1 aromatic heterocycles. The standard InChI is InChI=1S/C20H27N3O/c1-14-5-3-7-19(15(14)2)23-20-8-4-6-18(17(20)13-21-23)22-16-9-11-24-12-10-16/h3,5,7,13,16,18,22H,4,6,8-12H2,1-2H3/t18-/m0/s1. The number of hydrogen-bond donors (Lipinski definition) is 1. The number of benzene rings is 1. The van der Waals surface area contributed by atoms with Crippen molar-refractivity contribution in [2.75, 3.05) is 13.2 Å². The molecular formula is C20H27N3O. The Kier molecular flexibility index (Phi) is 4.42. The van der Waals surface area contributed by atoms with Gasteiger partial charge >= 0.3 is 0 Å². The number of ether oxygens (including phenoxy) is 1. The van der Waals surface area contributed by atoms with E-state index in [0.29, 0.717) is 12.1 Å². The molecule has 0 unspecified atom stereocenters. The lowest BCUT2D eigenvalue weighted by Crippen LogP contribution is -2.38. The van der Waals surface area contributed by atoms with Crippen LogP contribution in [0.15, 0.2) is 24.4 Å². The van der Waals surface area contributed by atoms with Crippen molar-refractivity contribution in [1.82, 2.24) is 15.1 Å². The lowest BCUT2D eigenvalue weighted by molar-refractivity contribution is 0.0741. The smallest absolute Gasteiger partial charge is 0.0680 e. The molecule has 1 saturated heterocycles. The molecule has 0 radical (unpaired) electrons. The van der Waals surface area contributed by atoms with Crippen molar-refractivity contribution in [2.45, 2.75) is 58.0 Å². The lowest BCUT2D eigenvalue weighted by atomic mass is 9.91. The lowest BCUT2D eigenvalue weighted by Gasteiger charge is -2.31. The van der Waals surface area contributed by atoms with Gasteiger partial charge in [0, 0.05) is 36.6 Å². The first-order valence-electron chi connectivity index (χ1n) is 9.21. The third-order valence-corrected chi connectivity index (χ3v) is 5.65. The molecule has 4 rings (SSSR count). The van der Waals surface area contributed by atoms with Crippen LogP contribution < -0.4 is 5.32 Å². The van der Waals surface area contributed by atoms with Gasteiger partial charge in [-0.05, 0) is 63.1 Å². The zero-order chi connectivity index (χ0) is 16.5. The summed E-state index contributed by atoms with van der Waals surface area (Å²) in [5.41, 5.74) is 6.66. The van der Waals surface area contributed by atoms with Crippen molar-refractivity contribution in [3.05, 3.63) is 46.8 Å². The van der Waals surface area contributed by atoms with Crippen LogP contribution in [0, 0.1) is 13.8 Å². The summed E-state index contributed by atoms with van der Waals surface area (Å²) in [6.45, 7) is 6.14. The number of nitrogens with zero attached hydrogens (tertiary/aromatic N) is 2. The summed E-state index contributed by atoms with van der Waals surface area (Å²) in [6.07, 6.45) is 7.89. The van der Waals surface area contributed by atoms with Crippen molar-refractivity contribution < 1.29 is 4.74 Å². The molecule has 2 aliphatic rings. The largest absolute Gasteiger partial charge is 0.381 e. The highest BCUT2D eigenvalue weighted by Crippen LogP contribution is 2.33. The fraction of sp³-hybridized carbons (Fsp3) is 0.550. The van der Waals surface area contributed by atoms with E-state index in [4.69, 9.17) is 9.84 Å². The number of nitrogens with one attached hydrogen (secondary N) is 1. The van der Waals surface area contributed by atoms with Gasteiger partial charge in [-0.3, -0.25) is 0 Å². The summed E-state index contributed by atoms with van der Waals surface area (Å²) in [7, 11) is 0. The van der Waals surface area contributed by atoms with E-state index in [0.717, 1.165) is 32.5 Å². The molecule has 1 N–H and O–H groups in total. The number of fused-ring (bicyclic) bond motifs is 1. The topological polar surface area (TPSA) is 39.1 Å². The van der Waals surface area contributed by atoms with Gasteiger partial charge < -0.3 is 10.1 Å². The molecule has 2 heterocycles. The summed E-state index contributed by atoms with van der Waals surface area (Å²) in [5, 5.41) is 8.64. The minimum absolute atomic E-state index is 0.440. The Hall–Kier alpha value is -1.65. The van der Waals surface area contributed by atoms with Crippen LogP contribution in [0.4, 0.5) is 0 Å². The number of rotatable bonds is 3. The minimum Gasteiger partial charge on any atom is -0.381 e. The predicted molar refractivity (Wildman–Crippen MR) is 95.7 cm³/mol. The van der Waals surface area contributed by atoms with Crippen molar-refractivity contribution in [2.24, 2.45) is 0 Å². The fourth-order valence-electron chi connectivity index (χ4n) is 4.05. The molecule has 0 saturated carbocycles. The molecule has 4 heteroatoms.